The summed E-state index contributed by atoms with van der Waals surface area (Å²) in [5.41, 5.74) is 1.37. The van der Waals surface area contributed by atoms with Crippen molar-refractivity contribution >= 4 is 51.1 Å². The summed E-state index contributed by atoms with van der Waals surface area (Å²) in [6.45, 7) is 7.28. The van der Waals surface area contributed by atoms with Crippen LogP contribution in [0.4, 0.5) is 4.79 Å². The molecule has 0 aromatic heterocycles. The molecule has 13 nitrogen and oxygen atoms in total. The summed E-state index contributed by atoms with van der Waals surface area (Å²) >= 11 is 12.2. The number of amides is 3. The zero-order chi connectivity index (χ0) is 38.3. The van der Waals surface area contributed by atoms with Gasteiger partial charge >= 0.3 is 6.09 Å². The van der Waals surface area contributed by atoms with Crippen LogP contribution in [-0.4, -0.2) is 89.1 Å². The number of nitrogens with one attached hydrogen (secondary N) is 3. The van der Waals surface area contributed by atoms with Crippen LogP contribution in [-0.2, 0) is 46.9 Å². The van der Waals surface area contributed by atoms with Crippen molar-refractivity contribution < 1.29 is 41.7 Å². The highest BCUT2D eigenvalue weighted by molar-refractivity contribution is 7.89. The van der Waals surface area contributed by atoms with Gasteiger partial charge in [0.25, 0.3) is 0 Å². The molecule has 0 aliphatic heterocycles. The molecule has 0 saturated heterocycles. The van der Waals surface area contributed by atoms with Crippen LogP contribution in [0.25, 0.3) is 0 Å². The first-order valence-corrected chi connectivity index (χ1v) is 18.9. The van der Waals surface area contributed by atoms with Gasteiger partial charge in [-0.15, -0.1) is 0 Å². The van der Waals surface area contributed by atoms with E-state index >= 15 is 0 Å². The summed E-state index contributed by atoms with van der Waals surface area (Å²) in [7, 11) is -3.04. The Labute approximate surface area is 315 Å². The molecule has 52 heavy (non-hydrogen) atoms. The van der Waals surface area contributed by atoms with Crippen LogP contribution in [0.3, 0.4) is 0 Å². The summed E-state index contributed by atoms with van der Waals surface area (Å²) in [4.78, 5) is 42.6. The maximum Gasteiger partial charge on any atom is 0.408 e. The number of nitrogens with zero attached hydrogens (tertiary/aromatic N) is 1. The van der Waals surface area contributed by atoms with Crippen molar-refractivity contribution in [3.63, 3.8) is 0 Å². The molecule has 0 bridgehead atoms. The average molecular weight is 782 g/mol. The monoisotopic (exact) mass is 780 g/mol. The van der Waals surface area contributed by atoms with E-state index < -0.39 is 52.8 Å². The van der Waals surface area contributed by atoms with Gasteiger partial charge in [-0.3, -0.25) is 9.59 Å². The van der Waals surface area contributed by atoms with E-state index in [1.807, 2.05) is 27.7 Å². The Morgan fingerprint density at radius 2 is 1.46 bits per heavy atom. The topological polar surface area (TPSA) is 162 Å². The van der Waals surface area contributed by atoms with Crippen LogP contribution < -0.4 is 20.1 Å². The number of ether oxygens (including phenoxy) is 4. The Balaban J connectivity index is 1.94. The molecular weight excluding hydrogens is 735 g/mol. The van der Waals surface area contributed by atoms with Crippen LogP contribution in [0.2, 0.25) is 10.0 Å². The standard InChI is InChI=1S/C36H46Cl2N4O9S/c1-6-49-33(50-7-2)22-42(24(3)4)35(44)29(19-25-13-15-27(37)16-14-25)40-34(43)30(41-36(45)51-23-26-11-9-8-10-12-26)21-39-52(46,47)32-20-28(38)17-18-31(32)48-5/h8-18,20,24,29-30,33,39H,6-7,19,21-23H2,1-5H3,(H,40,43)(H,41,45). The van der Waals surface area contributed by atoms with Crippen molar-refractivity contribution in [2.45, 2.75) is 70.0 Å². The first-order chi connectivity index (χ1) is 24.8. The third-order valence-corrected chi connectivity index (χ3v) is 9.57. The van der Waals surface area contributed by atoms with Gasteiger partial charge in [0.2, 0.25) is 21.8 Å². The highest BCUT2D eigenvalue weighted by Crippen LogP contribution is 2.27. The van der Waals surface area contributed by atoms with Gasteiger partial charge in [-0.25, -0.2) is 17.9 Å². The van der Waals surface area contributed by atoms with E-state index in [-0.39, 0.29) is 41.3 Å². The maximum absolute atomic E-state index is 14.3. The third-order valence-electron chi connectivity index (χ3n) is 7.64. The summed E-state index contributed by atoms with van der Waals surface area (Å²) in [6.07, 6.45) is -1.68. The first-order valence-electron chi connectivity index (χ1n) is 16.7. The van der Waals surface area contributed by atoms with Gasteiger partial charge in [0.15, 0.2) is 6.29 Å². The van der Waals surface area contributed by atoms with E-state index in [1.54, 1.807) is 54.6 Å². The molecule has 0 aliphatic carbocycles. The Kier molecular flexibility index (Phi) is 17.1. The quantitative estimate of drug-likeness (QED) is 0.135. The Morgan fingerprint density at radius 1 is 0.827 bits per heavy atom. The van der Waals surface area contributed by atoms with Gasteiger partial charge in [0.1, 0.15) is 29.3 Å². The highest BCUT2D eigenvalue weighted by atomic mass is 35.5. The lowest BCUT2D eigenvalue weighted by molar-refractivity contribution is -0.163. The van der Waals surface area contributed by atoms with Gasteiger partial charge < -0.3 is 34.5 Å². The van der Waals surface area contributed by atoms with E-state index in [4.69, 9.17) is 42.1 Å². The number of benzene rings is 3. The van der Waals surface area contributed by atoms with Crippen molar-refractivity contribution in [1.82, 2.24) is 20.3 Å². The first kappa shape index (κ1) is 42.5. The Hall–Kier alpha value is -3.92. The predicted molar refractivity (Wildman–Crippen MR) is 198 cm³/mol. The van der Waals surface area contributed by atoms with Crippen molar-refractivity contribution in [1.29, 1.82) is 0 Å². The number of rotatable bonds is 20. The van der Waals surface area contributed by atoms with Gasteiger partial charge in [-0.2, -0.15) is 0 Å². The molecule has 3 aromatic carbocycles. The number of carbonyl (C=O) groups excluding carboxylic acids is 3. The van der Waals surface area contributed by atoms with Gasteiger partial charge in [0, 0.05) is 42.3 Å². The smallest absolute Gasteiger partial charge is 0.408 e. The van der Waals surface area contributed by atoms with E-state index in [1.165, 1.54) is 30.2 Å². The van der Waals surface area contributed by atoms with Crippen LogP contribution >= 0.6 is 23.2 Å². The second kappa shape index (κ2) is 20.9. The predicted octanol–water partition coefficient (Wildman–Crippen LogP) is 4.94. The lowest BCUT2D eigenvalue weighted by Crippen LogP contribution is -2.59. The van der Waals surface area contributed by atoms with Gasteiger partial charge in [0.05, 0.1) is 13.7 Å². The third kappa shape index (κ3) is 13.2. The Morgan fingerprint density at radius 3 is 2.06 bits per heavy atom. The molecule has 0 fully saturated rings. The fraction of sp³-hybridized carbons (Fsp3) is 0.417. The zero-order valence-corrected chi connectivity index (χ0v) is 32.1. The van der Waals surface area contributed by atoms with E-state index in [2.05, 4.69) is 15.4 Å². The summed E-state index contributed by atoms with van der Waals surface area (Å²) in [5, 5.41) is 5.80. The number of halogens is 2. The van der Waals surface area contributed by atoms with Gasteiger partial charge in [-0.05, 0) is 69.2 Å². The molecule has 2 unspecified atom stereocenters. The van der Waals surface area contributed by atoms with E-state index in [0.717, 1.165) is 0 Å². The van der Waals surface area contributed by atoms with Crippen molar-refractivity contribution in [2.75, 3.05) is 33.4 Å². The van der Waals surface area contributed by atoms with Crippen LogP contribution in [0.5, 0.6) is 5.75 Å². The number of alkyl carbamates (subject to hydrolysis) is 1. The lowest BCUT2D eigenvalue weighted by atomic mass is 10.0. The van der Waals surface area contributed by atoms with E-state index in [9.17, 15) is 22.8 Å². The van der Waals surface area contributed by atoms with Gasteiger partial charge in [-0.1, -0.05) is 65.7 Å². The van der Waals surface area contributed by atoms with Crippen LogP contribution in [0.1, 0.15) is 38.8 Å². The van der Waals surface area contributed by atoms with Crippen molar-refractivity contribution in [3.05, 3.63) is 94.0 Å². The molecule has 284 valence electrons. The molecule has 0 aliphatic rings. The molecule has 0 spiro atoms. The molecule has 3 aromatic rings. The number of sulfonamides is 1. The molecule has 3 N–H and O–H groups in total. The number of hydrogen-bond acceptors (Lipinski definition) is 9. The second-order valence-electron chi connectivity index (χ2n) is 11.7. The minimum absolute atomic E-state index is 0.00735. The molecule has 0 heterocycles. The zero-order valence-electron chi connectivity index (χ0n) is 29.8. The number of hydrogen-bond donors (Lipinski definition) is 3. The number of methoxy groups -OCH3 is 1. The highest BCUT2D eigenvalue weighted by Gasteiger charge is 2.33. The molecule has 2 atom stereocenters. The SMILES string of the molecule is CCOC(CN(C(=O)C(Cc1ccc(Cl)cc1)NC(=O)C(CNS(=O)(=O)c1cc(Cl)ccc1OC)NC(=O)OCc1ccccc1)C(C)C)OCC. The summed E-state index contributed by atoms with van der Waals surface area (Å²) < 4.78 is 51.2. The lowest BCUT2D eigenvalue weighted by Gasteiger charge is -2.34. The fourth-order valence-electron chi connectivity index (χ4n) is 5.02. The van der Waals surface area contributed by atoms with Crippen LogP contribution in [0.15, 0.2) is 77.7 Å². The second-order valence-corrected chi connectivity index (χ2v) is 14.3. The number of carbonyl (C=O) groups is 3. The molecule has 3 rings (SSSR count). The largest absolute Gasteiger partial charge is 0.495 e. The van der Waals surface area contributed by atoms with Crippen molar-refractivity contribution in [2.24, 2.45) is 0 Å². The maximum atomic E-state index is 14.3. The fourth-order valence-corrected chi connectivity index (χ4v) is 6.62. The minimum atomic E-state index is -4.34. The summed E-state index contributed by atoms with van der Waals surface area (Å²) in [5.74, 6) is -1.31. The molecule has 16 heteroatoms. The summed E-state index contributed by atoms with van der Waals surface area (Å²) in [6, 6.07) is 16.6. The normalized spacial score (nSPS) is 12.6. The van der Waals surface area contributed by atoms with Crippen LogP contribution in [0, 0.1) is 0 Å². The molecular formula is C36H46Cl2N4O9S. The van der Waals surface area contributed by atoms with E-state index in [0.29, 0.717) is 29.4 Å². The van der Waals surface area contributed by atoms with Crippen molar-refractivity contribution in [3.8, 4) is 5.75 Å². The Bertz CT molecular complexity index is 1710. The molecule has 0 saturated carbocycles. The minimum Gasteiger partial charge on any atom is -0.495 e. The molecule has 0 radical (unpaired) electrons. The average Bonchev–Trinajstić information content (AvgIpc) is 3.12. The molecule has 3 amide bonds.